The molecule has 5 rings (SSSR count). The van der Waals surface area contributed by atoms with Crippen LogP contribution in [0.15, 0.2) is 42.9 Å². The molecule has 3 aromatic rings. The minimum absolute atomic E-state index is 0.00952. The molecule has 2 aliphatic rings. The van der Waals surface area contributed by atoms with Crippen molar-refractivity contribution < 1.29 is 4.79 Å². The highest BCUT2D eigenvalue weighted by Gasteiger charge is 2.32. The SMILES string of the molecule is O=C(c1cn2c(n1)CCNCC2)N1Cc2[nH]cnc2C(c2ccccc2)C1. The average molecular weight is 362 g/mol. The zero-order chi connectivity index (χ0) is 18.2. The molecule has 2 aliphatic heterocycles. The maximum Gasteiger partial charge on any atom is 0.274 e. The van der Waals surface area contributed by atoms with Crippen LogP contribution in [0.4, 0.5) is 0 Å². The molecule has 7 nitrogen and oxygen atoms in total. The predicted molar refractivity (Wildman–Crippen MR) is 100 cm³/mol. The van der Waals surface area contributed by atoms with E-state index in [1.165, 1.54) is 5.56 Å². The van der Waals surface area contributed by atoms with Crippen LogP contribution in [0.2, 0.25) is 0 Å². The molecule has 7 heteroatoms. The van der Waals surface area contributed by atoms with Gasteiger partial charge in [0.05, 0.1) is 24.3 Å². The van der Waals surface area contributed by atoms with Crippen LogP contribution in [0.3, 0.4) is 0 Å². The number of H-pyrrole nitrogens is 1. The van der Waals surface area contributed by atoms with Gasteiger partial charge in [-0.25, -0.2) is 9.97 Å². The van der Waals surface area contributed by atoms with Crippen molar-refractivity contribution >= 4 is 5.91 Å². The highest BCUT2D eigenvalue weighted by molar-refractivity contribution is 5.92. The first kappa shape index (κ1) is 16.3. The molecule has 0 bridgehead atoms. The molecule has 4 heterocycles. The minimum atomic E-state index is -0.00952. The van der Waals surface area contributed by atoms with Crippen LogP contribution in [0.5, 0.6) is 0 Å². The summed E-state index contributed by atoms with van der Waals surface area (Å²) in [5.41, 5.74) is 3.77. The number of carbonyl (C=O) groups is 1. The van der Waals surface area contributed by atoms with E-state index in [2.05, 4.69) is 37.0 Å². The second-order valence-electron chi connectivity index (χ2n) is 7.15. The van der Waals surface area contributed by atoms with Crippen molar-refractivity contribution in [2.45, 2.75) is 25.4 Å². The van der Waals surface area contributed by atoms with Crippen LogP contribution in [-0.4, -0.2) is 50.0 Å². The summed E-state index contributed by atoms with van der Waals surface area (Å²) in [5.74, 6) is 1.06. The molecule has 2 aromatic heterocycles. The lowest BCUT2D eigenvalue weighted by Crippen LogP contribution is -2.39. The normalized spacial score (nSPS) is 19.3. The molecule has 0 saturated heterocycles. The first-order valence-corrected chi connectivity index (χ1v) is 9.43. The van der Waals surface area contributed by atoms with Gasteiger partial charge in [-0.2, -0.15) is 0 Å². The summed E-state index contributed by atoms with van der Waals surface area (Å²) in [6.07, 6.45) is 4.48. The predicted octanol–water partition coefficient (Wildman–Crippen LogP) is 1.54. The van der Waals surface area contributed by atoms with Crippen molar-refractivity contribution in [1.82, 2.24) is 29.7 Å². The first-order chi connectivity index (χ1) is 13.3. The summed E-state index contributed by atoms with van der Waals surface area (Å²) in [6.45, 7) is 3.83. The molecule has 0 aliphatic carbocycles. The zero-order valence-corrected chi connectivity index (χ0v) is 15.1. The number of nitrogens with zero attached hydrogens (tertiary/aromatic N) is 4. The number of hydrogen-bond donors (Lipinski definition) is 2. The van der Waals surface area contributed by atoms with Gasteiger partial charge in [0, 0.05) is 44.7 Å². The third-order valence-corrected chi connectivity index (χ3v) is 5.46. The van der Waals surface area contributed by atoms with Crippen molar-refractivity contribution in [3.63, 3.8) is 0 Å². The summed E-state index contributed by atoms with van der Waals surface area (Å²) in [5, 5.41) is 3.36. The fourth-order valence-corrected chi connectivity index (χ4v) is 4.06. The Morgan fingerprint density at radius 2 is 2.07 bits per heavy atom. The number of aromatic nitrogens is 4. The van der Waals surface area contributed by atoms with Crippen LogP contribution >= 0.6 is 0 Å². The molecule has 1 aromatic carbocycles. The topological polar surface area (TPSA) is 78.8 Å². The third-order valence-electron chi connectivity index (χ3n) is 5.46. The Morgan fingerprint density at radius 3 is 2.96 bits per heavy atom. The van der Waals surface area contributed by atoms with Gasteiger partial charge in [0.15, 0.2) is 0 Å². The van der Waals surface area contributed by atoms with E-state index < -0.39 is 0 Å². The van der Waals surface area contributed by atoms with Gasteiger partial charge in [-0.05, 0) is 5.56 Å². The number of carbonyl (C=O) groups excluding carboxylic acids is 1. The Balaban J connectivity index is 1.45. The maximum atomic E-state index is 13.2. The lowest BCUT2D eigenvalue weighted by atomic mass is 9.91. The fourth-order valence-electron chi connectivity index (χ4n) is 4.06. The monoisotopic (exact) mass is 362 g/mol. The number of amides is 1. The van der Waals surface area contributed by atoms with Gasteiger partial charge in [0.25, 0.3) is 5.91 Å². The number of hydrogen-bond acceptors (Lipinski definition) is 4. The molecule has 2 N–H and O–H groups in total. The lowest BCUT2D eigenvalue weighted by molar-refractivity contribution is 0.0716. The second-order valence-corrected chi connectivity index (χ2v) is 7.15. The van der Waals surface area contributed by atoms with Gasteiger partial charge in [0.2, 0.25) is 0 Å². The summed E-state index contributed by atoms with van der Waals surface area (Å²) in [4.78, 5) is 27.5. The van der Waals surface area contributed by atoms with Gasteiger partial charge in [-0.1, -0.05) is 30.3 Å². The van der Waals surface area contributed by atoms with Gasteiger partial charge >= 0.3 is 0 Å². The molecule has 0 radical (unpaired) electrons. The van der Waals surface area contributed by atoms with Crippen molar-refractivity contribution in [2.75, 3.05) is 19.6 Å². The Labute approximate surface area is 157 Å². The van der Waals surface area contributed by atoms with E-state index >= 15 is 0 Å². The number of aromatic amines is 1. The molecular weight excluding hydrogens is 340 g/mol. The molecule has 0 spiro atoms. The second kappa shape index (κ2) is 6.66. The standard InChI is InChI=1S/C20H22N6O/c27-20(17-12-25-9-8-21-7-6-18(25)24-17)26-10-15(14-4-2-1-3-5-14)19-16(11-26)22-13-23-19/h1-5,12-13,15,21H,6-11H2,(H,22,23). The van der Waals surface area contributed by atoms with Gasteiger partial charge < -0.3 is 19.8 Å². The Bertz CT molecular complexity index is 937. The van der Waals surface area contributed by atoms with E-state index in [9.17, 15) is 4.79 Å². The van der Waals surface area contributed by atoms with E-state index in [1.807, 2.05) is 29.3 Å². The van der Waals surface area contributed by atoms with Crippen LogP contribution < -0.4 is 5.32 Å². The lowest BCUT2D eigenvalue weighted by Gasteiger charge is -2.32. The van der Waals surface area contributed by atoms with Crippen molar-refractivity contribution in [3.05, 3.63) is 71.3 Å². The Morgan fingerprint density at radius 1 is 1.19 bits per heavy atom. The van der Waals surface area contributed by atoms with Crippen LogP contribution in [0.1, 0.15) is 39.2 Å². The average Bonchev–Trinajstić information content (AvgIpc) is 3.29. The molecule has 138 valence electrons. The third kappa shape index (κ3) is 2.94. The summed E-state index contributed by atoms with van der Waals surface area (Å²) >= 11 is 0. The fraction of sp³-hybridized carbons (Fsp3) is 0.350. The molecule has 1 amide bonds. The van der Waals surface area contributed by atoms with Gasteiger partial charge in [0.1, 0.15) is 11.5 Å². The largest absolute Gasteiger partial charge is 0.347 e. The van der Waals surface area contributed by atoms with E-state index in [0.717, 1.165) is 43.3 Å². The smallest absolute Gasteiger partial charge is 0.274 e. The van der Waals surface area contributed by atoms with Crippen molar-refractivity contribution in [2.24, 2.45) is 0 Å². The Kier molecular flexibility index (Phi) is 4.01. The number of imidazole rings is 2. The van der Waals surface area contributed by atoms with E-state index in [0.29, 0.717) is 18.8 Å². The minimum Gasteiger partial charge on any atom is -0.347 e. The summed E-state index contributed by atoms with van der Waals surface area (Å²) in [6, 6.07) is 10.3. The first-order valence-electron chi connectivity index (χ1n) is 9.43. The number of fused-ring (bicyclic) bond motifs is 2. The summed E-state index contributed by atoms with van der Waals surface area (Å²) in [7, 11) is 0. The number of nitrogens with one attached hydrogen (secondary N) is 2. The maximum absolute atomic E-state index is 13.2. The summed E-state index contributed by atoms with van der Waals surface area (Å²) < 4.78 is 2.10. The van der Waals surface area contributed by atoms with Gasteiger partial charge in [-0.15, -0.1) is 0 Å². The van der Waals surface area contributed by atoms with Crippen molar-refractivity contribution in [3.8, 4) is 0 Å². The quantitative estimate of drug-likeness (QED) is 0.725. The molecule has 0 fully saturated rings. The van der Waals surface area contributed by atoms with Crippen molar-refractivity contribution in [1.29, 1.82) is 0 Å². The van der Waals surface area contributed by atoms with Crippen LogP contribution in [0.25, 0.3) is 0 Å². The Hall–Kier alpha value is -2.93. The number of rotatable bonds is 2. The molecule has 27 heavy (non-hydrogen) atoms. The van der Waals surface area contributed by atoms with Crippen LogP contribution in [0, 0.1) is 0 Å². The van der Waals surface area contributed by atoms with E-state index in [1.54, 1.807) is 6.33 Å². The highest BCUT2D eigenvalue weighted by atomic mass is 16.2. The molecule has 1 atom stereocenters. The van der Waals surface area contributed by atoms with Gasteiger partial charge in [-0.3, -0.25) is 4.79 Å². The van der Waals surface area contributed by atoms with Crippen LogP contribution in [-0.2, 0) is 19.5 Å². The van der Waals surface area contributed by atoms with E-state index in [4.69, 9.17) is 0 Å². The van der Waals surface area contributed by atoms with E-state index in [-0.39, 0.29) is 11.8 Å². The molecule has 1 unspecified atom stereocenters. The molecular formula is C20H22N6O. The highest BCUT2D eigenvalue weighted by Crippen LogP contribution is 2.32. The molecule has 0 saturated carbocycles. The number of benzene rings is 1. The zero-order valence-electron chi connectivity index (χ0n) is 15.1.